The van der Waals surface area contributed by atoms with Crippen LogP contribution in [0.2, 0.25) is 0 Å². The summed E-state index contributed by atoms with van der Waals surface area (Å²) in [5, 5.41) is 2.67. The zero-order valence-corrected chi connectivity index (χ0v) is 16.7. The molecule has 2 aromatic rings. The van der Waals surface area contributed by atoms with Gasteiger partial charge in [0, 0.05) is 18.8 Å². The Hall–Kier alpha value is -2.29. The van der Waals surface area contributed by atoms with Crippen LogP contribution in [0.15, 0.2) is 41.3 Å². The highest BCUT2D eigenvalue weighted by molar-refractivity contribution is 7.89. The maximum Gasteiger partial charge on any atom is 0.246 e. The number of morpholine rings is 1. The summed E-state index contributed by atoms with van der Waals surface area (Å²) < 4.78 is 46.1. The summed E-state index contributed by atoms with van der Waals surface area (Å²) in [6.45, 7) is 4.76. The molecule has 0 unspecified atom stereocenters. The molecule has 1 N–H and O–H groups in total. The first-order chi connectivity index (χ1) is 13.3. The lowest BCUT2D eigenvalue weighted by Crippen LogP contribution is -2.40. The highest BCUT2D eigenvalue weighted by atomic mass is 32.2. The van der Waals surface area contributed by atoms with Gasteiger partial charge in [0.15, 0.2) is 0 Å². The number of rotatable bonds is 5. The first-order valence-electron chi connectivity index (χ1n) is 9.01. The Morgan fingerprint density at radius 1 is 1.14 bits per heavy atom. The van der Waals surface area contributed by atoms with E-state index in [1.807, 2.05) is 32.0 Å². The smallest absolute Gasteiger partial charge is 0.246 e. The number of benzene rings is 2. The van der Waals surface area contributed by atoms with Crippen molar-refractivity contribution in [2.45, 2.75) is 25.2 Å². The number of anilines is 1. The van der Waals surface area contributed by atoms with Crippen LogP contribution >= 0.6 is 0 Å². The highest BCUT2D eigenvalue weighted by Gasteiger charge is 2.29. The minimum absolute atomic E-state index is 0.149. The van der Waals surface area contributed by atoms with E-state index in [0.29, 0.717) is 0 Å². The Morgan fingerprint density at radius 2 is 1.86 bits per heavy atom. The number of amides is 1. The molecule has 8 heteroatoms. The minimum atomic E-state index is -4.00. The van der Waals surface area contributed by atoms with E-state index in [1.165, 1.54) is 16.4 Å². The summed E-state index contributed by atoms with van der Waals surface area (Å²) in [4.78, 5) is 12.0. The monoisotopic (exact) mass is 406 g/mol. The van der Waals surface area contributed by atoms with E-state index in [9.17, 15) is 17.6 Å². The molecule has 2 aromatic carbocycles. The number of carbonyl (C=O) groups is 1. The van der Waals surface area contributed by atoms with Gasteiger partial charge in [0.25, 0.3) is 0 Å². The van der Waals surface area contributed by atoms with Crippen molar-refractivity contribution in [2.75, 3.05) is 31.6 Å². The van der Waals surface area contributed by atoms with Gasteiger partial charge in [0.05, 0.1) is 19.6 Å². The molecule has 0 radical (unpaired) electrons. The van der Waals surface area contributed by atoms with Crippen LogP contribution in [0, 0.1) is 19.7 Å². The van der Waals surface area contributed by atoms with Crippen molar-refractivity contribution in [3.8, 4) is 0 Å². The number of nitrogens with one attached hydrogen (secondary N) is 1. The van der Waals surface area contributed by atoms with Gasteiger partial charge < -0.3 is 10.1 Å². The second kappa shape index (κ2) is 8.38. The van der Waals surface area contributed by atoms with Gasteiger partial charge in [-0.05, 0) is 43.2 Å². The molecular formula is C20H23FN2O4S. The second-order valence-corrected chi connectivity index (χ2v) is 8.72. The molecule has 6 nitrogen and oxygen atoms in total. The number of ether oxygens (including phenoxy) is 1. The molecule has 0 aliphatic carbocycles. The van der Waals surface area contributed by atoms with Crippen LogP contribution < -0.4 is 5.32 Å². The van der Waals surface area contributed by atoms with Crippen LogP contribution in [-0.2, 0) is 26.0 Å². The molecule has 28 heavy (non-hydrogen) atoms. The number of carbonyl (C=O) groups excluding carboxylic acids is 1. The maximum atomic E-state index is 14.3. The molecule has 1 aliphatic rings. The molecule has 1 amide bonds. The lowest BCUT2D eigenvalue weighted by molar-refractivity contribution is -0.115. The summed E-state index contributed by atoms with van der Waals surface area (Å²) in [6, 6.07) is 9.44. The lowest BCUT2D eigenvalue weighted by atomic mass is 10.0. The van der Waals surface area contributed by atoms with Crippen LogP contribution in [-0.4, -0.2) is 44.9 Å². The van der Waals surface area contributed by atoms with Crippen LogP contribution in [0.3, 0.4) is 0 Å². The predicted molar refractivity (Wildman–Crippen MR) is 104 cm³/mol. The van der Waals surface area contributed by atoms with Crippen molar-refractivity contribution in [2.24, 2.45) is 0 Å². The van der Waals surface area contributed by atoms with Crippen molar-refractivity contribution in [1.29, 1.82) is 0 Å². The molecule has 1 heterocycles. The first kappa shape index (κ1) is 20.4. The number of nitrogens with zero attached hydrogens (tertiary/aromatic N) is 1. The summed E-state index contributed by atoms with van der Waals surface area (Å²) >= 11 is 0. The standard InChI is InChI=1S/C20H23FN2O4S/c1-14-3-4-15(2)16(11-14)12-20(24)22-17-5-6-18(21)19(13-17)28(25,26)23-7-9-27-10-8-23/h3-6,11,13H,7-10,12H2,1-2H3,(H,22,24). The van der Waals surface area contributed by atoms with Crippen LogP contribution in [0.25, 0.3) is 0 Å². The Balaban J connectivity index is 1.79. The molecule has 150 valence electrons. The summed E-state index contributed by atoms with van der Waals surface area (Å²) in [6.07, 6.45) is 0.149. The molecule has 0 bridgehead atoms. The van der Waals surface area contributed by atoms with Gasteiger partial charge in [0.2, 0.25) is 15.9 Å². The molecule has 0 aromatic heterocycles. The zero-order chi connectivity index (χ0) is 20.3. The Kier molecular flexibility index (Phi) is 6.12. The Bertz CT molecular complexity index is 986. The van der Waals surface area contributed by atoms with Crippen LogP contribution in [0.1, 0.15) is 16.7 Å². The van der Waals surface area contributed by atoms with Crippen molar-refractivity contribution in [1.82, 2.24) is 4.31 Å². The van der Waals surface area contributed by atoms with Gasteiger partial charge >= 0.3 is 0 Å². The molecule has 0 atom stereocenters. The minimum Gasteiger partial charge on any atom is -0.379 e. The van der Waals surface area contributed by atoms with Crippen molar-refractivity contribution < 1.29 is 22.3 Å². The van der Waals surface area contributed by atoms with Crippen molar-refractivity contribution in [3.05, 3.63) is 58.9 Å². The van der Waals surface area contributed by atoms with E-state index in [2.05, 4.69) is 5.32 Å². The summed E-state index contributed by atoms with van der Waals surface area (Å²) in [7, 11) is -4.00. The molecule has 1 saturated heterocycles. The van der Waals surface area contributed by atoms with Crippen molar-refractivity contribution in [3.63, 3.8) is 0 Å². The van der Waals surface area contributed by atoms with E-state index >= 15 is 0 Å². The van der Waals surface area contributed by atoms with Crippen LogP contribution in [0.5, 0.6) is 0 Å². The number of hydrogen-bond acceptors (Lipinski definition) is 4. The van der Waals surface area contributed by atoms with Gasteiger partial charge in [-0.15, -0.1) is 0 Å². The normalized spacial score (nSPS) is 15.4. The SMILES string of the molecule is Cc1ccc(C)c(CC(=O)Nc2ccc(F)c(S(=O)(=O)N3CCOCC3)c2)c1. The topological polar surface area (TPSA) is 75.7 Å². The third kappa shape index (κ3) is 4.57. The third-order valence-electron chi connectivity index (χ3n) is 4.66. The molecule has 0 spiro atoms. The molecule has 0 saturated carbocycles. The largest absolute Gasteiger partial charge is 0.379 e. The van der Waals surface area contributed by atoms with Crippen LogP contribution in [0.4, 0.5) is 10.1 Å². The van der Waals surface area contributed by atoms with E-state index in [1.54, 1.807) is 0 Å². The predicted octanol–water partition coefficient (Wildman–Crippen LogP) is 2.64. The number of aryl methyl sites for hydroxylation is 2. The first-order valence-corrected chi connectivity index (χ1v) is 10.4. The summed E-state index contributed by atoms with van der Waals surface area (Å²) in [5.41, 5.74) is 3.17. The molecule has 3 rings (SSSR count). The maximum absolute atomic E-state index is 14.3. The quantitative estimate of drug-likeness (QED) is 0.828. The van der Waals surface area contributed by atoms with Gasteiger partial charge in [-0.3, -0.25) is 4.79 Å². The zero-order valence-electron chi connectivity index (χ0n) is 15.9. The number of sulfonamides is 1. The fraction of sp³-hybridized carbons (Fsp3) is 0.350. The van der Waals surface area contributed by atoms with E-state index in [-0.39, 0.29) is 44.3 Å². The Morgan fingerprint density at radius 3 is 2.57 bits per heavy atom. The van der Waals surface area contributed by atoms with Crippen molar-refractivity contribution >= 4 is 21.6 Å². The lowest BCUT2D eigenvalue weighted by Gasteiger charge is -2.26. The molecular weight excluding hydrogens is 383 g/mol. The fourth-order valence-corrected chi connectivity index (χ4v) is 4.57. The average Bonchev–Trinajstić information content (AvgIpc) is 2.67. The van der Waals surface area contributed by atoms with Gasteiger partial charge in [-0.1, -0.05) is 23.8 Å². The van der Waals surface area contributed by atoms with E-state index in [4.69, 9.17) is 4.74 Å². The number of hydrogen-bond donors (Lipinski definition) is 1. The van der Waals surface area contributed by atoms with E-state index in [0.717, 1.165) is 22.8 Å². The van der Waals surface area contributed by atoms with E-state index < -0.39 is 20.7 Å². The highest BCUT2D eigenvalue weighted by Crippen LogP contribution is 2.24. The Labute approximate surface area is 164 Å². The summed E-state index contributed by atoms with van der Waals surface area (Å²) in [5.74, 6) is -1.14. The average molecular weight is 406 g/mol. The number of halogens is 1. The molecule has 1 aliphatic heterocycles. The molecule has 1 fully saturated rings. The fourth-order valence-electron chi connectivity index (χ4n) is 3.07. The second-order valence-electron chi connectivity index (χ2n) is 6.82. The third-order valence-corrected chi connectivity index (χ3v) is 6.57. The van der Waals surface area contributed by atoms with Gasteiger partial charge in [-0.25, -0.2) is 12.8 Å². The van der Waals surface area contributed by atoms with Gasteiger partial charge in [0.1, 0.15) is 10.7 Å². The van der Waals surface area contributed by atoms with Gasteiger partial charge in [-0.2, -0.15) is 4.31 Å².